The molecule has 0 unspecified atom stereocenters. The number of carbonyl (C=O) groups is 1. The molecule has 0 spiro atoms. The highest BCUT2D eigenvalue weighted by atomic mass is 19.1. The molecule has 28 heavy (non-hydrogen) atoms. The van der Waals surface area contributed by atoms with E-state index in [1.807, 2.05) is 25.1 Å². The third-order valence-corrected chi connectivity index (χ3v) is 5.04. The van der Waals surface area contributed by atoms with E-state index in [2.05, 4.69) is 0 Å². The smallest absolute Gasteiger partial charge is 0.303 e. The van der Waals surface area contributed by atoms with E-state index >= 15 is 0 Å². The molecule has 0 saturated carbocycles. The zero-order chi connectivity index (χ0) is 20.3. The second-order valence-corrected chi connectivity index (χ2v) is 7.08. The molecule has 0 saturated heterocycles. The van der Waals surface area contributed by atoms with Crippen LogP contribution in [-0.2, 0) is 11.2 Å². The van der Waals surface area contributed by atoms with E-state index in [9.17, 15) is 13.6 Å². The zero-order valence-electron chi connectivity index (χ0n) is 15.7. The molecule has 0 amide bonds. The standard InChI is InChI=1S/C22H23F2NO3/c1-13-5-7-15(11-20(13)25)17-4-2-3-16(17)12-28-22-18(23)9-14(10-19(22)24)6-8-21(26)27/h5,7,9-11H,2-4,6,8,12,25H2,1H3,(H,26,27). The van der Waals surface area contributed by atoms with E-state index in [-0.39, 0.29) is 19.4 Å². The third kappa shape index (κ3) is 4.50. The van der Waals surface area contributed by atoms with Gasteiger partial charge in [0, 0.05) is 12.1 Å². The second-order valence-electron chi connectivity index (χ2n) is 7.08. The predicted molar refractivity (Wildman–Crippen MR) is 104 cm³/mol. The van der Waals surface area contributed by atoms with Crippen molar-refractivity contribution >= 4 is 17.2 Å². The molecule has 6 heteroatoms. The van der Waals surface area contributed by atoms with Gasteiger partial charge in [-0.1, -0.05) is 12.1 Å². The van der Waals surface area contributed by atoms with Crippen LogP contribution in [-0.4, -0.2) is 17.7 Å². The average molecular weight is 387 g/mol. The number of nitrogens with two attached hydrogens (primary N) is 1. The van der Waals surface area contributed by atoms with Gasteiger partial charge in [-0.2, -0.15) is 0 Å². The highest BCUT2D eigenvalue weighted by Crippen LogP contribution is 2.36. The monoisotopic (exact) mass is 387 g/mol. The molecule has 0 fully saturated rings. The number of hydrogen-bond acceptors (Lipinski definition) is 3. The van der Waals surface area contributed by atoms with Crippen molar-refractivity contribution in [2.45, 2.75) is 39.0 Å². The number of aliphatic carboxylic acids is 1. The molecule has 0 bridgehead atoms. The number of nitrogen functional groups attached to an aromatic ring is 1. The summed E-state index contributed by atoms with van der Waals surface area (Å²) in [4.78, 5) is 10.6. The first-order chi connectivity index (χ1) is 13.3. The van der Waals surface area contributed by atoms with Crippen molar-refractivity contribution in [3.8, 4) is 5.75 Å². The van der Waals surface area contributed by atoms with E-state index in [1.54, 1.807) is 0 Å². The number of ether oxygens (including phenoxy) is 1. The molecule has 3 N–H and O–H groups in total. The van der Waals surface area contributed by atoms with E-state index in [0.29, 0.717) is 11.3 Å². The molecular weight excluding hydrogens is 364 g/mol. The van der Waals surface area contributed by atoms with E-state index in [0.717, 1.165) is 53.7 Å². The maximum Gasteiger partial charge on any atom is 0.303 e. The Morgan fingerprint density at radius 2 is 1.89 bits per heavy atom. The van der Waals surface area contributed by atoms with Crippen LogP contribution in [0.3, 0.4) is 0 Å². The van der Waals surface area contributed by atoms with Crippen LogP contribution in [0.15, 0.2) is 35.9 Å². The minimum absolute atomic E-state index is 0.0631. The number of halogens is 2. The van der Waals surface area contributed by atoms with Gasteiger partial charge in [0.05, 0.1) is 0 Å². The molecule has 0 aromatic heterocycles. The maximum atomic E-state index is 14.3. The summed E-state index contributed by atoms with van der Waals surface area (Å²) in [5.74, 6) is -3.08. The lowest BCUT2D eigenvalue weighted by atomic mass is 10.00. The fraction of sp³-hybridized carbons (Fsp3) is 0.318. The Balaban J connectivity index is 1.77. The Kier molecular flexibility index (Phi) is 5.97. The predicted octanol–water partition coefficient (Wildman–Crippen LogP) is 4.89. The number of rotatable bonds is 7. The van der Waals surface area contributed by atoms with Crippen LogP contribution in [0.1, 0.15) is 42.4 Å². The summed E-state index contributed by atoms with van der Waals surface area (Å²) in [5.41, 5.74) is 11.2. The molecule has 0 heterocycles. The first-order valence-corrected chi connectivity index (χ1v) is 9.25. The molecule has 0 aliphatic heterocycles. The van der Waals surface area contributed by atoms with Gasteiger partial charge in [-0.05, 0) is 78.6 Å². The van der Waals surface area contributed by atoms with Crippen LogP contribution in [0.4, 0.5) is 14.5 Å². The van der Waals surface area contributed by atoms with Gasteiger partial charge < -0.3 is 15.6 Å². The first kappa shape index (κ1) is 19.9. The molecule has 1 aliphatic carbocycles. The molecule has 2 aromatic rings. The van der Waals surface area contributed by atoms with Gasteiger partial charge in [-0.3, -0.25) is 4.79 Å². The van der Waals surface area contributed by atoms with Gasteiger partial charge in [0.2, 0.25) is 0 Å². The summed E-state index contributed by atoms with van der Waals surface area (Å²) in [6, 6.07) is 8.15. The quantitative estimate of drug-likeness (QED) is 0.664. The number of anilines is 1. The van der Waals surface area contributed by atoms with Crippen LogP contribution >= 0.6 is 0 Å². The summed E-state index contributed by atoms with van der Waals surface area (Å²) < 4.78 is 34.0. The van der Waals surface area contributed by atoms with E-state index in [1.165, 1.54) is 0 Å². The molecule has 2 aromatic carbocycles. The first-order valence-electron chi connectivity index (χ1n) is 9.25. The van der Waals surface area contributed by atoms with Crippen molar-refractivity contribution in [2.24, 2.45) is 0 Å². The van der Waals surface area contributed by atoms with E-state index in [4.69, 9.17) is 15.6 Å². The zero-order valence-corrected chi connectivity index (χ0v) is 15.7. The van der Waals surface area contributed by atoms with Gasteiger partial charge in [0.15, 0.2) is 17.4 Å². The van der Waals surface area contributed by atoms with Gasteiger partial charge in [0.25, 0.3) is 0 Å². The fourth-order valence-corrected chi connectivity index (χ4v) is 3.45. The summed E-state index contributed by atoms with van der Waals surface area (Å²) in [7, 11) is 0. The summed E-state index contributed by atoms with van der Waals surface area (Å²) in [5, 5.41) is 8.70. The molecule has 148 valence electrons. The number of benzene rings is 2. The Bertz CT molecular complexity index is 914. The van der Waals surface area contributed by atoms with Crippen LogP contribution in [0.25, 0.3) is 5.57 Å². The largest absolute Gasteiger partial charge is 0.483 e. The molecule has 0 radical (unpaired) electrons. The van der Waals surface area contributed by atoms with Crippen LogP contribution in [0, 0.1) is 18.6 Å². The molecular formula is C22H23F2NO3. The number of allylic oxidation sites excluding steroid dienone is 1. The topological polar surface area (TPSA) is 72.5 Å². The molecule has 3 rings (SSSR count). The van der Waals surface area contributed by atoms with Crippen molar-refractivity contribution in [1.29, 1.82) is 0 Å². The van der Waals surface area contributed by atoms with Crippen molar-refractivity contribution in [2.75, 3.05) is 12.3 Å². The van der Waals surface area contributed by atoms with E-state index < -0.39 is 23.4 Å². The van der Waals surface area contributed by atoms with Crippen molar-refractivity contribution in [3.05, 3.63) is 64.2 Å². The Labute approximate surface area is 162 Å². The Morgan fingerprint density at radius 1 is 1.18 bits per heavy atom. The molecule has 1 aliphatic rings. The van der Waals surface area contributed by atoms with Gasteiger partial charge in [-0.25, -0.2) is 8.78 Å². The average Bonchev–Trinajstić information content (AvgIpc) is 3.10. The normalized spacial score (nSPS) is 13.8. The highest BCUT2D eigenvalue weighted by Gasteiger charge is 2.19. The van der Waals surface area contributed by atoms with Crippen LogP contribution < -0.4 is 10.5 Å². The number of carboxylic acid groups (broad SMARTS) is 1. The van der Waals surface area contributed by atoms with Crippen molar-refractivity contribution < 1.29 is 23.4 Å². The minimum Gasteiger partial charge on any atom is -0.483 e. The Hall–Kier alpha value is -2.89. The third-order valence-electron chi connectivity index (χ3n) is 5.04. The summed E-state index contributed by atoms with van der Waals surface area (Å²) >= 11 is 0. The Morgan fingerprint density at radius 3 is 2.54 bits per heavy atom. The van der Waals surface area contributed by atoms with Crippen molar-refractivity contribution in [1.82, 2.24) is 0 Å². The summed E-state index contributed by atoms with van der Waals surface area (Å²) in [6.45, 7) is 2.04. The van der Waals surface area contributed by atoms with Gasteiger partial charge >= 0.3 is 5.97 Å². The summed E-state index contributed by atoms with van der Waals surface area (Å²) in [6.07, 6.45) is 2.52. The van der Waals surface area contributed by atoms with Crippen LogP contribution in [0.5, 0.6) is 5.75 Å². The lowest BCUT2D eigenvalue weighted by Gasteiger charge is -2.13. The van der Waals surface area contributed by atoms with Crippen molar-refractivity contribution in [3.63, 3.8) is 0 Å². The van der Waals surface area contributed by atoms with Crippen LogP contribution in [0.2, 0.25) is 0 Å². The lowest BCUT2D eigenvalue weighted by molar-refractivity contribution is -0.136. The fourth-order valence-electron chi connectivity index (χ4n) is 3.45. The molecule has 4 nitrogen and oxygen atoms in total. The molecule has 0 atom stereocenters. The highest BCUT2D eigenvalue weighted by molar-refractivity contribution is 5.73. The second kappa shape index (κ2) is 8.42. The van der Waals surface area contributed by atoms with Gasteiger partial charge in [0.1, 0.15) is 6.61 Å². The number of carboxylic acids is 1. The maximum absolute atomic E-state index is 14.3. The SMILES string of the molecule is Cc1ccc(C2=C(COc3c(F)cc(CCC(=O)O)cc3F)CCC2)cc1N. The number of hydrogen-bond donors (Lipinski definition) is 2. The lowest BCUT2D eigenvalue weighted by Crippen LogP contribution is -2.06. The number of aryl methyl sites for hydroxylation is 2. The van der Waals surface area contributed by atoms with Gasteiger partial charge in [-0.15, -0.1) is 0 Å². The minimum atomic E-state index is -1.02.